The second-order valence-electron chi connectivity index (χ2n) is 10.1. The summed E-state index contributed by atoms with van der Waals surface area (Å²) in [5.41, 5.74) is -2.01. The van der Waals surface area contributed by atoms with E-state index in [4.69, 9.17) is 14.5 Å². The number of ether oxygens (including phenoxy) is 2. The van der Waals surface area contributed by atoms with Crippen molar-refractivity contribution >= 4 is 45.0 Å². The average molecular weight is 529 g/mol. The van der Waals surface area contributed by atoms with Crippen LogP contribution < -0.4 is 0 Å². The lowest BCUT2D eigenvalue weighted by Gasteiger charge is -2.39. The first-order chi connectivity index (χ1) is 14.7. The number of carbonyl (C=O) groups excluding carboxylic acids is 2. The van der Waals surface area contributed by atoms with E-state index in [1.54, 1.807) is 53.7 Å². The number of benzene rings is 1. The van der Waals surface area contributed by atoms with Gasteiger partial charge in [-0.15, -0.1) is 0 Å². The highest BCUT2D eigenvalue weighted by Crippen LogP contribution is 2.52. The molecule has 9 heteroatoms. The highest BCUT2D eigenvalue weighted by molar-refractivity contribution is 9.10. The molecule has 1 aliphatic heterocycles. The summed E-state index contributed by atoms with van der Waals surface area (Å²) in [4.78, 5) is 31.9. The van der Waals surface area contributed by atoms with Gasteiger partial charge in [0.05, 0.1) is 5.54 Å². The van der Waals surface area contributed by atoms with Crippen LogP contribution in [0.1, 0.15) is 66.4 Å². The third-order valence-corrected chi connectivity index (χ3v) is 6.83. The second kappa shape index (κ2) is 8.97. The van der Waals surface area contributed by atoms with Crippen LogP contribution in [-0.4, -0.2) is 39.2 Å². The fraction of sp³-hybridized carbons (Fsp3) is 0.609. The summed E-state index contributed by atoms with van der Waals surface area (Å²) < 4.78 is 26.7. The lowest BCUT2D eigenvalue weighted by Crippen LogP contribution is -2.49. The van der Waals surface area contributed by atoms with Gasteiger partial charge in [-0.1, -0.05) is 34.1 Å². The van der Waals surface area contributed by atoms with Crippen molar-refractivity contribution in [2.24, 2.45) is 10.9 Å². The van der Waals surface area contributed by atoms with Crippen molar-refractivity contribution in [3.05, 3.63) is 34.1 Å². The summed E-state index contributed by atoms with van der Waals surface area (Å²) in [7, 11) is 0. The van der Waals surface area contributed by atoms with Crippen molar-refractivity contribution in [3.63, 3.8) is 0 Å². The third-order valence-electron chi connectivity index (χ3n) is 5.23. The Balaban J connectivity index is 2.10. The number of aliphatic imine (C=N–C) groups is 1. The summed E-state index contributed by atoms with van der Waals surface area (Å²) in [5.74, 6) is 0.350. The van der Waals surface area contributed by atoms with E-state index in [0.29, 0.717) is 17.7 Å². The van der Waals surface area contributed by atoms with E-state index in [1.807, 2.05) is 0 Å². The number of nitrogens with zero attached hydrogens (tertiary/aromatic N) is 2. The Morgan fingerprint density at radius 2 is 1.75 bits per heavy atom. The molecular formula is C23H30BrFN2O4S. The molecule has 32 heavy (non-hydrogen) atoms. The molecule has 2 unspecified atom stereocenters. The fourth-order valence-corrected chi connectivity index (χ4v) is 5.67. The Hall–Kier alpha value is -1.61. The number of amides is 2. The molecule has 6 nitrogen and oxygen atoms in total. The monoisotopic (exact) mass is 528 g/mol. The van der Waals surface area contributed by atoms with E-state index in [2.05, 4.69) is 15.9 Å². The highest BCUT2D eigenvalue weighted by atomic mass is 79.9. The zero-order valence-corrected chi connectivity index (χ0v) is 21.7. The molecule has 0 N–H and O–H groups in total. The molecule has 0 spiro atoms. The van der Waals surface area contributed by atoms with E-state index >= 15 is 0 Å². The molecular weight excluding hydrogens is 499 g/mol. The Morgan fingerprint density at radius 1 is 1.16 bits per heavy atom. The summed E-state index contributed by atoms with van der Waals surface area (Å²) >= 11 is 4.73. The van der Waals surface area contributed by atoms with Crippen LogP contribution in [0.3, 0.4) is 0 Å². The van der Waals surface area contributed by atoms with Crippen molar-refractivity contribution in [3.8, 4) is 0 Å². The summed E-state index contributed by atoms with van der Waals surface area (Å²) in [6.07, 6.45) is 0.686. The number of hydrogen-bond acceptors (Lipinski definition) is 6. The van der Waals surface area contributed by atoms with Gasteiger partial charge in [-0.25, -0.2) is 19.0 Å². The molecule has 1 saturated carbocycles. The predicted octanol–water partition coefficient (Wildman–Crippen LogP) is 6.86. The van der Waals surface area contributed by atoms with Gasteiger partial charge < -0.3 is 9.47 Å². The van der Waals surface area contributed by atoms with Crippen molar-refractivity contribution in [2.75, 3.05) is 5.75 Å². The van der Waals surface area contributed by atoms with Gasteiger partial charge >= 0.3 is 12.2 Å². The molecule has 0 saturated heterocycles. The van der Waals surface area contributed by atoms with Crippen LogP contribution in [-0.2, 0) is 15.0 Å². The number of thioether (sulfide) groups is 1. The number of carbonyl (C=O) groups is 2. The minimum absolute atomic E-state index is 0.0965. The lowest BCUT2D eigenvalue weighted by atomic mass is 9.81. The fourth-order valence-electron chi connectivity index (χ4n) is 4.01. The Kier molecular flexibility index (Phi) is 7.01. The summed E-state index contributed by atoms with van der Waals surface area (Å²) in [5, 5.41) is 0.172. The van der Waals surface area contributed by atoms with Gasteiger partial charge in [-0.3, -0.25) is 0 Å². The molecule has 2 atom stereocenters. The molecule has 2 amide bonds. The van der Waals surface area contributed by atoms with Crippen molar-refractivity contribution in [2.45, 2.75) is 77.5 Å². The van der Waals surface area contributed by atoms with Crippen LogP contribution in [0.2, 0.25) is 0 Å². The molecule has 1 fully saturated rings. The molecule has 1 aromatic carbocycles. The normalized spacial score (nSPS) is 23.2. The van der Waals surface area contributed by atoms with E-state index in [1.165, 1.54) is 17.8 Å². The van der Waals surface area contributed by atoms with Crippen LogP contribution in [0.4, 0.5) is 14.0 Å². The van der Waals surface area contributed by atoms with Gasteiger partial charge in [0.15, 0.2) is 5.17 Å². The van der Waals surface area contributed by atoms with Crippen molar-refractivity contribution < 1.29 is 23.5 Å². The maximum atomic E-state index is 15.0. The van der Waals surface area contributed by atoms with Crippen LogP contribution in [0.15, 0.2) is 27.7 Å². The molecule has 2 aliphatic rings. The largest absolute Gasteiger partial charge is 0.443 e. The molecule has 1 heterocycles. The molecule has 1 aliphatic carbocycles. The zero-order chi connectivity index (χ0) is 23.9. The number of rotatable bonds is 1. The highest BCUT2D eigenvalue weighted by Gasteiger charge is 2.50. The number of hydrogen-bond donors (Lipinski definition) is 0. The molecule has 0 aromatic heterocycles. The van der Waals surface area contributed by atoms with E-state index in [0.717, 1.165) is 22.2 Å². The van der Waals surface area contributed by atoms with Crippen LogP contribution in [0.5, 0.6) is 0 Å². The maximum Gasteiger partial charge on any atom is 0.426 e. The lowest BCUT2D eigenvalue weighted by molar-refractivity contribution is 0.0150. The Labute approximate surface area is 201 Å². The average Bonchev–Trinajstić information content (AvgIpc) is 3.05. The van der Waals surface area contributed by atoms with Gasteiger partial charge in [0.25, 0.3) is 0 Å². The van der Waals surface area contributed by atoms with Crippen molar-refractivity contribution in [1.29, 1.82) is 0 Å². The van der Waals surface area contributed by atoms with Gasteiger partial charge in [-0.05, 0) is 78.5 Å². The smallest absolute Gasteiger partial charge is 0.426 e. The number of amidine groups is 1. The quantitative estimate of drug-likeness (QED) is 0.398. The van der Waals surface area contributed by atoms with Crippen LogP contribution in [0, 0.1) is 11.7 Å². The molecule has 176 valence electrons. The van der Waals surface area contributed by atoms with Gasteiger partial charge in [0.1, 0.15) is 17.0 Å². The summed E-state index contributed by atoms with van der Waals surface area (Å²) in [6, 6.07) is 4.81. The Bertz CT molecular complexity index is 913. The molecule has 0 radical (unpaired) electrons. The predicted molar refractivity (Wildman–Crippen MR) is 127 cm³/mol. The zero-order valence-electron chi connectivity index (χ0n) is 19.3. The topological polar surface area (TPSA) is 68.2 Å². The number of imide groups is 1. The van der Waals surface area contributed by atoms with Gasteiger partial charge in [-0.2, -0.15) is 4.90 Å². The number of fused-ring (bicyclic) bond motifs is 1. The summed E-state index contributed by atoms with van der Waals surface area (Å²) in [6.45, 7) is 10.3. The third kappa shape index (κ3) is 5.47. The molecule has 3 rings (SSSR count). The first-order valence-electron chi connectivity index (χ1n) is 10.7. The maximum absolute atomic E-state index is 15.0. The SMILES string of the molecule is CC(C)(C)OC(=O)N(C(=O)OC(C)(C)C)C1=NC2(c3cc(Br)ccc3F)CCCC2CS1. The first-order valence-corrected chi connectivity index (χ1v) is 12.4. The second-order valence-corrected chi connectivity index (χ2v) is 12.0. The standard InChI is InChI=1S/C23H30BrFN2O4S/c1-21(2,3)30-19(28)27(20(29)31-22(4,5)6)18-26-23(11-7-8-14(23)13-32-18)16-12-15(24)9-10-17(16)25/h9-10,12,14H,7-8,11,13H2,1-6H3. The Morgan fingerprint density at radius 3 is 2.31 bits per heavy atom. The number of halogens is 2. The van der Waals surface area contributed by atoms with E-state index in [-0.39, 0.29) is 16.9 Å². The molecule has 1 aromatic rings. The minimum atomic E-state index is -0.862. The van der Waals surface area contributed by atoms with E-state index in [9.17, 15) is 14.0 Å². The van der Waals surface area contributed by atoms with Crippen LogP contribution in [0.25, 0.3) is 0 Å². The van der Waals surface area contributed by atoms with E-state index < -0.39 is 28.9 Å². The van der Waals surface area contributed by atoms with Crippen molar-refractivity contribution in [1.82, 2.24) is 4.90 Å². The first kappa shape index (κ1) is 25.0. The van der Waals surface area contributed by atoms with Gasteiger partial charge in [0.2, 0.25) is 0 Å². The van der Waals surface area contributed by atoms with Crippen LogP contribution >= 0.6 is 27.7 Å². The van der Waals surface area contributed by atoms with Gasteiger partial charge in [0, 0.05) is 15.8 Å². The molecule has 0 bridgehead atoms. The minimum Gasteiger partial charge on any atom is -0.443 e.